The number of carboxylic acids is 1. The first-order valence-corrected chi connectivity index (χ1v) is 7.02. The summed E-state index contributed by atoms with van der Waals surface area (Å²) in [6.07, 6.45) is 0. The molecule has 2 aromatic rings. The van der Waals surface area contributed by atoms with E-state index in [2.05, 4.69) is 10.2 Å². The van der Waals surface area contributed by atoms with E-state index < -0.39 is 5.97 Å². The fraction of sp³-hybridized carbons (Fsp3) is 0.308. The summed E-state index contributed by atoms with van der Waals surface area (Å²) in [5, 5.41) is 17.4. The number of carboxylic acid groups (broad SMARTS) is 1. The molecule has 0 aliphatic heterocycles. The van der Waals surface area contributed by atoms with E-state index >= 15 is 0 Å². The Hall–Kier alpha value is -2.02. The van der Waals surface area contributed by atoms with Crippen LogP contribution in [0, 0.1) is 6.92 Å². The third-order valence-electron chi connectivity index (χ3n) is 2.86. The third kappa shape index (κ3) is 3.11. The number of aliphatic carboxylic acids is 1. The number of benzene rings is 1. The lowest BCUT2D eigenvalue weighted by Gasteiger charge is -2.18. The highest BCUT2D eigenvalue weighted by Gasteiger charge is 2.15. The van der Waals surface area contributed by atoms with Gasteiger partial charge in [0.15, 0.2) is 5.16 Å². The molecular formula is C13H16N4O2S. The molecule has 106 valence electrons. The second kappa shape index (κ2) is 5.96. The number of hydrogen-bond acceptors (Lipinski definition) is 5. The van der Waals surface area contributed by atoms with Gasteiger partial charge in [-0.25, -0.2) is 0 Å². The van der Waals surface area contributed by atoms with Crippen LogP contribution in [-0.2, 0) is 11.8 Å². The van der Waals surface area contributed by atoms with Gasteiger partial charge >= 0.3 is 5.97 Å². The molecule has 0 unspecified atom stereocenters. The summed E-state index contributed by atoms with van der Waals surface area (Å²) in [6.45, 7) is 2.03. The maximum atomic E-state index is 10.6. The van der Waals surface area contributed by atoms with E-state index in [1.807, 2.05) is 50.2 Å². The van der Waals surface area contributed by atoms with E-state index in [-0.39, 0.29) is 5.75 Å². The first-order chi connectivity index (χ1) is 9.49. The van der Waals surface area contributed by atoms with Crippen molar-refractivity contribution >= 4 is 29.4 Å². The van der Waals surface area contributed by atoms with Crippen molar-refractivity contribution < 1.29 is 9.90 Å². The average Bonchev–Trinajstić information content (AvgIpc) is 2.78. The first kappa shape index (κ1) is 14.4. The standard InChI is InChI=1S/C13H16N4O2S/c1-9-4-6-10(7-5-9)16(2)12-14-15-13(17(12)3)20-8-11(18)19/h4-7H,8H2,1-3H3,(H,18,19). The summed E-state index contributed by atoms with van der Waals surface area (Å²) >= 11 is 1.15. The Labute approximate surface area is 121 Å². The van der Waals surface area contributed by atoms with Gasteiger partial charge in [-0.3, -0.25) is 9.36 Å². The van der Waals surface area contributed by atoms with Gasteiger partial charge in [-0.15, -0.1) is 10.2 Å². The summed E-state index contributed by atoms with van der Waals surface area (Å²) in [6, 6.07) is 8.08. The molecule has 20 heavy (non-hydrogen) atoms. The van der Waals surface area contributed by atoms with Gasteiger partial charge < -0.3 is 10.0 Å². The second-order valence-electron chi connectivity index (χ2n) is 4.42. The van der Waals surface area contributed by atoms with E-state index in [1.54, 1.807) is 4.57 Å². The van der Waals surface area contributed by atoms with Crippen LogP contribution in [0.5, 0.6) is 0 Å². The van der Waals surface area contributed by atoms with Crippen molar-refractivity contribution in [3.63, 3.8) is 0 Å². The highest BCUT2D eigenvalue weighted by Crippen LogP contribution is 2.25. The number of carbonyl (C=O) groups is 1. The smallest absolute Gasteiger partial charge is 0.313 e. The minimum absolute atomic E-state index is 0.0276. The van der Waals surface area contributed by atoms with Crippen LogP contribution < -0.4 is 4.90 Å². The summed E-state index contributed by atoms with van der Waals surface area (Å²) in [4.78, 5) is 12.5. The van der Waals surface area contributed by atoms with Gasteiger partial charge in [-0.1, -0.05) is 29.5 Å². The normalized spacial score (nSPS) is 10.6. The predicted molar refractivity (Wildman–Crippen MR) is 78.6 cm³/mol. The lowest BCUT2D eigenvalue weighted by Crippen LogP contribution is -2.14. The van der Waals surface area contributed by atoms with Crippen molar-refractivity contribution in [1.29, 1.82) is 0 Å². The molecule has 0 fully saturated rings. The topological polar surface area (TPSA) is 71.2 Å². The maximum absolute atomic E-state index is 10.6. The fourth-order valence-corrected chi connectivity index (χ4v) is 2.36. The minimum atomic E-state index is -0.869. The molecule has 6 nitrogen and oxygen atoms in total. The highest BCUT2D eigenvalue weighted by molar-refractivity contribution is 7.99. The van der Waals surface area contributed by atoms with Crippen LogP contribution in [0.1, 0.15) is 5.56 Å². The molecular weight excluding hydrogens is 276 g/mol. The molecule has 0 bridgehead atoms. The zero-order valence-corrected chi connectivity index (χ0v) is 12.4. The largest absolute Gasteiger partial charge is 0.481 e. The summed E-state index contributed by atoms with van der Waals surface area (Å²) in [7, 11) is 3.73. The Balaban J connectivity index is 2.20. The van der Waals surface area contributed by atoms with Crippen LogP contribution in [0.3, 0.4) is 0 Å². The van der Waals surface area contributed by atoms with Gasteiger partial charge in [0.1, 0.15) is 0 Å². The third-order valence-corrected chi connectivity index (χ3v) is 3.86. The van der Waals surface area contributed by atoms with Gasteiger partial charge in [0, 0.05) is 19.8 Å². The second-order valence-corrected chi connectivity index (χ2v) is 5.36. The fourth-order valence-electron chi connectivity index (χ4n) is 1.74. The van der Waals surface area contributed by atoms with Gasteiger partial charge in [-0.05, 0) is 19.1 Å². The van der Waals surface area contributed by atoms with E-state index in [9.17, 15) is 4.79 Å². The number of thioether (sulfide) groups is 1. The zero-order valence-electron chi connectivity index (χ0n) is 11.6. The van der Waals surface area contributed by atoms with Crippen molar-refractivity contribution in [3.8, 4) is 0 Å². The van der Waals surface area contributed by atoms with E-state index in [4.69, 9.17) is 5.11 Å². The van der Waals surface area contributed by atoms with Crippen molar-refractivity contribution in [3.05, 3.63) is 29.8 Å². The van der Waals surface area contributed by atoms with Gasteiger partial charge in [0.2, 0.25) is 5.95 Å². The molecule has 0 spiro atoms. The quantitative estimate of drug-likeness (QED) is 0.851. The summed E-state index contributed by atoms with van der Waals surface area (Å²) in [5.74, 6) is -0.228. The number of aryl methyl sites for hydroxylation is 1. The molecule has 0 amide bonds. The van der Waals surface area contributed by atoms with Crippen molar-refractivity contribution in [1.82, 2.24) is 14.8 Å². The van der Waals surface area contributed by atoms with Crippen molar-refractivity contribution in [2.45, 2.75) is 12.1 Å². The Morgan fingerprint density at radius 2 is 2.00 bits per heavy atom. The van der Waals surface area contributed by atoms with Crippen LogP contribution in [-0.4, -0.2) is 38.6 Å². The van der Waals surface area contributed by atoms with E-state index in [1.165, 1.54) is 5.56 Å². The predicted octanol–water partition coefficient (Wildman–Crippen LogP) is 2.07. The van der Waals surface area contributed by atoms with Crippen LogP contribution >= 0.6 is 11.8 Å². The molecule has 0 radical (unpaired) electrons. The lowest BCUT2D eigenvalue weighted by atomic mass is 10.2. The first-order valence-electron chi connectivity index (χ1n) is 6.03. The molecule has 0 saturated carbocycles. The van der Waals surface area contributed by atoms with Crippen LogP contribution in [0.15, 0.2) is 29.4 Å². The molecule has 1 aromatic heterocycles. The maximum Gasteiger partial charge on any atom is 0.313 e. The molecule has 1 heterocycles. The van der Waals surface area contributed by atoms with Crippen molar-refractivity contribution in [2.24, 2.45) is 7.05 Å². The molecule has 0 saturated heterocycles. The number of anilines is 2. The summed E-state index contributed by atoms with van der Waals surface area (Å²) < 4.78 is 1.79. The van der Waals surface area contributed by atoms with Crippen molar-refractivity contribution in [2.75, 3.05) is 17.7 Å². The Morgan fingerprint density at radius 1 is 1.35 bits per heavy atom. The molecule has 1 N–H and O–H groups in total. The number of nitrogens with zero attached hydrogens (tertiary/aromatic N) is 4. The van der Waals surface area contributed by atoms with Gasteiger partial charge in [0.25, 0.3) is 0 Å². The molecule has 2 rings (SSSR count). The highest BCUT2D eigenvalue weighted by atomic mass is 32.2. The average molecular weight is 292 g/mol. The Morgan fingerprint density at radius 3 is 2.60 bits per heavy atom. The number of rotatable bonds is 5. The van der Waals surface area contributed by atoms with Crippen LogP contribution in [0.25, 0.3) is 0 Å². The Bertz CT molecular complexity index is 609. The zero-order chi connectivity index (χ0) is 14.7. The van der Waals surface area contributed by atoms with Crippen LogP contribution in [0.4, 0.5) is 11.6 Å². The number of aromatic nitrogens is 3. The lowest BCUT2D eigenvalue weighted by molar-refractivity contribution is -0.133. The minimum Gasteiger partial charge on any atom is -0.481 e. The Kier molecular flexibility index (Phi) is 4.29. The monoisotopic (exact) mass is 292 g/mol. The van der Waals surface area contributed by atoms with Gasteiger partial charge in [0.05, 0.1) is 5.75 Å². The SMILES string of the molecule is Cc1ccc(N(C)c2nnc(SCC(=O)O)n2C)cc1. The molecule has 0 atom stereocenters. The molecule has 0 aliphatic carbocycles. The van der Waals surface area contributed by atoms with Crippen LogP contribution in [0.2, 0.25) is 0 Å². The van der Waals surface area contributed by atoms with E-state index in [0.29, 0.717) is 11.1 Å². The molecule has 0 aliphatic rings. The van der Waals surface area contributed by atoms with Gasteiger partial charge in [-0.2, -0.15) is 0 Å². The van der Waals surface area contributed by atoms with E-state index in [0.717, 1.165) is 17.4 Å². The molecule has 1 aromatic carbocycles. The molecule has 7 heteroatoms. The number of hydrogen-bond donors (Lipinski definition) is 1. The summed E-state index contributed by atoms with van der Waals surface area (Å²) in [5.41, 5.74) is 2.19.